The van der Waals surface area contributed by atoms with Crippen molar-refractivity contribution in [2.75, 3.05) is 19.3 Å². The predicted octanol–water partition coefficient (Wildman–Crippen LogP) is -0.346. The van der Waals surface area contributed by atoms with Crippen molar-refractivity contribution < 1.29 is 13.2 Å². The Morgan fingerprint density at radius 3 is 2.28 bits per heavy atom. The predicted molar refractivity (Wildman–Crippen MR) is 70.5 cm³/mol. The van der Waals surface area contributed by atoms with Gasteiger partial charge < -0.3 is 11.1 Å². The molecule has 1 heterocycles. The Labute approximate surface area is 109 Å². The van der Waals surface area contributed by atoms with Gasteiger partial charge in [-0.25, -0.2) is 12.7 Å². The topological polar surface area (TPSA) is 92.5 Å². The molecule has 1 saturated heterocycles. The first-order chi connectivity index (χ1) is 8.08. The zero-order chi connectivity index (χ0) is 14.0. The molecule has 0 aromatic rings. The fourth-order valence-electron chi connectivity index (χ4n) is 2.02. The van der Waals surface area contributed by atoms with Crippen molar-refractivity contribution in [3.05, 3.63) is 0 Å². The lowest BCUT2D eigenvalue weighted by molar-refractivity contribution is -0.122. The Hall–Kier alpha value is -0.660. The number of nitrogens with one attached hydrogen (secondary N) is 1. The molecule has 1 aliphatic rings. The third kappa shape index (κ3) is 5.32. The van der Waals surface area contributed by atoms with Crippen LogP contribution in [0.2, 0.25) is 0 Å². The van der Waals surface area contributed by atoms with Crippen LogP contribution in [0.4, 0.5) is 0 Å². The van der Waals surface area contributed by atoms with Crippen molar-refractivity contribution in [3.8, 4) is 0 Å². The summed E-state index contributed by atoms with van der Waals surface area (Å²) in [6.07, 6.45) is 2.80. The van der Waals surface area contributed by atoms with Gasteiger partial charge in [0.15, 0.2) is 0 Å². The summed E-state index contributed by atoms with van der Waals surface area (Å²) in [5, 5.41) is 2.91. The van der Waals surface area contributed by atoms with Gasteiger partial charge in [-0.15, -0.1) is 0 Å². The van der Waals surface area contributed by atoms with Crippen LogP contribution in [0.25, 0.3) is 0 Å². The summed E-state index contributed by atoms with van der Waals surface area (Å²) in [6, 6.07) is 0.0536. The molecule has 0 aromatic carbocycles. The Bertz CT molecular complexity index is 392. The zero-order valence-electron chi connectivity index (χ0n) is 11.3. The minimum absolute atomic E-state index is 0.0536. The third-order valence-corrected chi connectivity index (χ3v) is 4.21. The van der Waals surface area contributed by atoms with Crippen molar-refractivity contribution in [1.29, 1.82) is 0 Å². The molecule has 18 heavy (non-hydrogen) atoms. The van der Waals surface area contributed by atoms with Gasteiger partial charge in [0.2, 0.25) is 15.9 Å². The second kappa shape index (κ2) is 5.54. The van der Waals surface area contributed by atoms with Crippen molar-refractivity contribution in [2.24, 2.45) is 5.73 Å². The third-order valence-electron chi connectivity index (χ3n) is 2.90. The van der Waals surface area contributed by atoms with Crippen molar-refractivity contribution in [2.45, 2.75) is 44.7 Å². The van der Waals surface area contributed by atoms with E-state index in [4.69, 9.17) is 5.73 Å². The van der Waals surface area contributed by atoms with Gasteiger partial charge in [0.25, 0.3) is 0 Å². The van der Waals surface area contributed by atoms with Gasteiger partial charge in [-0.2, -0.15) is 0 Å². The average Bonchev–Trinajstić information content (AvgIpc) is 2.13. The highest BCUT2D eigenvalue weighted by molar-refractivity contribution is 7.88. The fourth-order valence-corrected chi connectivity index (χ4v) is 2.90. The number of carbonyl (C=O) groups is 1. The second-order valence-electron chi connectivity index (χ2n) is 5.67. The van der Waals surface area contributed by atoms with Crippen LogP contribution in [0, 0.1) is 0 Å². The van der Waals surface area contributed by atoms with E-state index in [1.807, 2.05) is 0 Å². The molecule has 1 rings (SSSR count). The smallest absolute Gasteiger partial charge is 0.222 e. The Balaban J connectivity index is 2.38. The van der Waals surface area contributed by atoms with Gasteiger partial charge in [-0.3, -0.25) is 4.79 Å². The summed E-state index contributed by atoms with van der Waals surface area (Å²) in [4.78, 5) is 11.7. The lowest BCUT2D eigenvalue weighted by Crippen LogP contribution is -2.48. The summed E-state index contributed by atoms with van der Waals surface area (Å²) < 4.78 is 24.1. The largest absolute Gasteiger partial charge is 0.353 e. The maximum atomic E-state index is 11.7. The number of amides is 1. The molecule has 1 amide bonds. The van der Waals surface area contributed by atoms with Gasteiger partial charge in [-0.1, -0.05) is 0 Å². The van der Waals surface area contributed by atoms with Gasteiger partial charge in [-0.05, 0) is 26.7 Å². The maximum absolute atomic E-state index is 11.7. The fraction of sp³-hybridized carbons (Fsp3) is 0.909. The molecular formula is C11H23N3O3S. The normalized spacial score (nSPS) is 19.8. The summed E-state index contributed by atoms with van der Waals surface area (Å²) in [6.45, 7) is 4.54. The molecule has 0 atom stereocenters. The molecule has 0 saturated carbocycles. The van der Waals surface area contributed by atoms with Gasteiger partial charge in [0.05, 0.1) is 6.26 Å². The molecule has 3 N–H and O–H groups in total. The first kappa shape index (κ1) is 15.4. The lowest BCUT2D eigenvalue weighted by Gasteiger charge is -2.31. The summed E-state index contributed by atoms with van der Waals surface area (Å²) >= 11 is 0. The van der Waals surface area contributed by atoms with Crippen LogP contribution in [0.15, 0.2) is 0 Å². The zero-order valence-corrected chi connectivity index (χ0v) is 12.1. The number of carbonyl (C=O) groups excluding carboxylic acids is 1. The van der Waals surface area contributed by atoms with E-state index in [9.17, 15) is 13.2 Å². The van der Waals surface area contributed by atoms with E-state index in [0.29, 0.717) is 25.9 Å². The number of piperidine rings is 1. The van der Waals surface area contributed by atoms with Crippen molar-refractivity contribution in [1.82, 2.24) is 9.62 Å². The van der Waals surface area contributed by atoms with Crippen LogP contribution in [-0.2, 0) is 14.8 Å². The highest BCUT2D eigenvalue weighted by atomic mass is 32.2. The minimum atomic E-state index is -3.11. The second-order valence-corrected chi connectivity index (χ2v) is 7.65. The monoisotopic (exact) mass is 277 g/mol. The van der Waals surface area contributed by atoms with Crippen molar-refractivity contribution in [3.63, 3.8) is 0 Å². The van der Waals surface area contributed by atoms with Crippen LogP contribution < -0.4 is 11.1 Å². The van der Waals surface area contributed by atoms with Crippen LogP contribution in [0.5, 0.6) is 0 Å². The molecule has 1 fully saturated rings. The molecule has 0 radical (unpaired) electrons. The van der Waals surface area contributed by atoms with E-state index in [0.717, 1.165) is 0 Å². The van der Waals surface area contributed by atoms with Crippen LogP contribution in [-0.4, -0.2) is 49.6 Å². The average molecular weight is 277 g/mol. The highest BCUT2D eigenvalue weighted by Gasteiger charge is 2.26. The van der Waals surface area contributed by atoms with Crippen molar-refractivity contribution >= 4 is 15.9 Å². The quantitative estimate of drug-likeness (QED) is 0.735. The van der Waals surface area contributed by atoms with Crippen LogP contribution in [0.1, 0.15) is 33.1 Å². The lowest BCUT2D eigenvalue weighted by atomic mass is 10.0. The standard InChI is InChI=1S/C11H23N3O3S/c1-11(2,12)8-10(15)13-9-4-6-14(7-5-9)18(3,16)17/h9H,4-8,12H2,1-3H3,(H,13,15). The molecule has 106 valence electrons. The van der Waals surface area contributed by atoms with Gasteiger partial charge >= 0.3 is 0 Å². The molecule has 0 unspecified atom stereocenters. The SMILES string of the molecule is CC(C)(N)CC(=O)NC1CCN(S(C)(=O)=O)CC1. The number of nitrogens with two attached hydrogens (primary N) is 1. The molecule has 7 heteroatoms. The number of sulfonamides is 1. The maximum Gasteiger partial charge on any atom is 0.222 e. The Kier molecular flexibility index (Phi) is 4.74. The molecule has 0 bridgehead atoms. The van der Waals surface area contributed by atoms with E-state index in [2.05, 4.69) is 5.32 Å². The number of rotatable bonds is 4. The van der Waals surface area contributed by atoms with Crippen LogP contribution >= 0.6 is 0 Å². The van der Waals surface area contributed by atoms with E-state index in [1.165, 1.54) is 10.6 Å². The molecule has 1 aliphatic heterocycles. The Morgan fingerprint density at radius 1 is 1.39 bits per heavy atom. The molecule has 0 aliphatic carbocycles. The summed E-state index contributed by atoms with van der Waals surface area (Å²) in [7, 11) is -3.11. The van der Waals surface area contributed by atoms with E-state index in [-0.39, 0.29) is 18.4 Å². The molecule has 0 spiro atoms. The van der Waals surface area contributed by atoms with Gasteiger partial charge in [0.1, 0.15) is 0 Å². The number of hydrogen-bond donors (Lipinski definition) is 2. The first-order valence-corrected chi connectivity index (χ1v) is 7.96. The van der Waals surface area contributed by atoms with E-state index < -0.39 is 15.6 Å². The molecule has 0 aromatic heterocycles. The van der Waals surface area contributed by atoms with E-state index in [1.54, 1.807) is 13.8 Å². The first-order valence-electron chi connectivity index (χ1n) is 6.11. The van der Waals surface area contributed by atoms with Crippen LogP contribution in [0.3, 0.4) is 0 Å². The summed E-state index contributed by atoms with van der Waals surface area (Å²) in [5.74, 6) is -0.0692. The summed E-state index contributed by atoms with van der Waals surface area (Å²) in [5.41, 5.74) is 5.26. The number of hydrogen-bond acceptors (Lipinski definition) is 4. The highest BCUT2D eigenvalue weighted by Crippen LogP contribution is 2.14. The Morgan fingerprint density at radius 2 is 1.89 bits per heavy atom. The van der Waals surface area contributed by atoms with E-state index >= 15 is 0 Å². The minimum Gasteiger partial charge on any atom is -0.353 e. The molecular weight excluding hydrogens is 254 g/mol. The molecule has 6 nitrogen and oxygen atoms in total. The van der Waals surface area contributed by atoms with Gasteiger partial charge in [0, 0.05) is 31.1 Å². The number of nitrogens with zero attached hydrogens (tertiary/aromatic N) is 1.